The summed E-state index contributed by atoms with van der Waals surface area (Å²) in [5, 5.41) is 10.8. The smallest absolute Gasteiger partial charge is 0.325 e. The second-order valence-electron chi connectivity index (χ2n) is 8.65. The van der Waals surface area contributed by atoms with Crippen molar-refractivity contribution in [3.8, 4) is 16.9 Å². The van der Waals surface area contributed by atoms with Crippen LogP contribution in [0.4, 0.5) is 4.39 Å². The molecule has 1 aliphatic rings. The maximum Gasteiger partial charge on any atom is 0.325 e. The number of halogens is 1. The second-order valence-corrected chi connectivity index (χ2v) is 8.65. The van der Waals surface area contributed by atoms with Crippen molar-refractivity contribution in [3.05, 3.63) is 83.9 Å². The zero-order valence-electron chi connectivity index (χ0n) is 18.9. The number of benzene rings is 2. The third kappa shape index (κ3) is 4.15. The SMILES string of the molecule is COc1ccc(F)cc1-c1ccnc2[nH]c(C3CCN(C(C(=O)O)c4ccccc4)CC3)cc12. The van der Waals surface area contributed by atoms with Crippen LogP contribution in [0.5, 0.6) is 5.75 Å². The fourth-order valence-electron chi connectivity index (χ4n) is 5.01. The van der Waals surface area contributed by atoms with E-state index in [2.05, 4.69) is 16.0 Å². The molecular weight excluding hydrogens is 433 g/mol. The van der Waals surface area contributed by atoms with E-state index in [1.807, 2.05) is 41.3 Å². The van der Waals surface area contributed by atoms with Crippen molar-refractivity contribution in [2.75, 3.05) is 20.2 Å². The predicted octanol–water partition coefficient (Wildman–Crippen LogP) is 5.38. The van der Waals surface area contributed by atoms with Gasteiger partial charge < -0.3 is 14.8 Å². The van der Waals surface area contributed by atoms with Gasteiger partial charge in [0.1, 0.15) is 23.3 Å². The van der Waals surface area contributed by atoms with Crippen molar-refractivity contribution in [3.63, 3.8) is 0 Å². The molecule has 1 atom stereocenters. The van der Waals surface area contributed by atoms with Gasteiger partial charge in [-0.1, -0.05) is 30.3 Å². The van der Waals surface area contributed by atoms with E-state index in [9.17, 15) is 14.3 Å². The molecule has 0 spiro atoms. The van der Waals surface area contributed by atoms with Crippen LogP contribution in [0.1, 0.15) is 36.1 Å². The average Bonchev–Trinajstić information content (AvgIpc) is 3.29. The van der Waals surface area contributed by atoms with E-state index >= 15 is 0 Å². The molecule has 2 N–H and O–H groups in total. The molecule has 0 radical (unpaired) electrons. The number of methoxy groups -OCH3 is 1. The lowest BCUT2D eigenvalue weighted by atomic mass is 9.91. The molecule has 34 heavy (non-hydrogen) atoms. The van der Waals surface area contributed by atoms with Crippen LogP contribution >= 0.6 is 0 Å². The Balaban J connectivity index is 1.40. The molecule has 0 amide bonds. The van der Waals surface area contributed by atoms with Crippen molar-refractivity contribution >= 4 is 17.0 Å². The van der Waals surface area contributed by atoms with Gasteiger partial charge in [-0.25, -0.2) is 9.37 Å². The Morgan fingerprint density at radius 3 is 2.59 bits per heavy atom. The molecule has 4 aromatic rings. The lowest BCUT2D eigenvalue weighted by molar-refractivity contribution is -0.144. The molecule has 7 heteroatoms. The van der Waals surface area contributed by atoms with Gasteiger partial charge in [-0.05, 0) is 67.4 Å². The largest absolute Gasteiger partial charge is 0.496 e. The summed E-state index contributed by atoms with van der Waals surface area (Å²) in [6.07, 6.45) is 3.38. The van der Waals surface area contributed by atoms with Crippen LogP contribution in [0.3, 0.4) is 0 Å². The summed E-state index contributed by atoms with van der Waals surface area (Å²) >= 11 is 0. The molecule has 174 valence electrons. The molecular formula is C27H26FN3O3. The molecule has 3 heterocycles. The minimum Gasteiger partial charge on any atom is -0.496 e. The summed E-state index contributed by atoms with van der Waals surface area (Å²) in [4.78, 5) is 22.0. The minimum absolute atomic E-state index is 0.262. The molecule has 1 saturated heterocycles. The van der Waals surface area contributed by atoms with Crippen LogP contribution in [-0.2, 0) is 4.79 Å². The summed E-state index contributed by atoms with van der Waals surface area (Å²) in [5.41, 5.74) is 4.15. The number of H-pyrrole nitrogens is 1. The number of nitrogens with zero attached hydrogens (tertiary/aromatic N) is 2. The average molecular weight is 460 g/mol. The normalized spacial score (nSPS) is 15.9. The topological polar surface area (TPSA) is 78.5 Å². The Bertz CT molecular complexity index is 1310. The summed E-state index contributed by atoms with van der Waals surface area (Å²) in [6, 6.07) is 17.2. The summed E-state index contributed by atoms with van der Waals surface area (Å²) in [7, 11) is 1.57. The van der Waals surface area contributed by atoms with Gasteiger partial charge in [0.15, 0.2) is 0 Å². The van der Waals surface area contributed by atoms with Crippen molar-refractivity contribution in [2.24, 2.45) is 0 Å². The number of carboxylic acid groups (broad SMARTS) is 1. The van der Waals surface area contributed by atoms with E-state index in [1.165, 1.54) is 12.1 Å². The van der Waals surface area contributed by atoms with Crippen LogP contribution in [0.15, 0.2) is 66.9 Å². The number of aliphatic carboxylic acids is 1. The van der Waals surface area contributed by atoms with E-state index in [1.54, 1.807) is 19.4 Å². The quantitative estimate of drug-likeness (QED) is 0.405. The number of aromatic nitrogens is 2. The van der Waals surface area contributed by atoms with Crippen LogP contribution in [0.2, 0.25) is 0 Å². The Labute approximate surface area is 197 Å². The molecule has 1 aliphatic heterocycles. The number of ether oxygens (including phenoxy) is 1. The van der Waals surface area contributed by atoms with Crippen LogP contribution in [0, 0.1) is 5.82 Å². The number of nitrogens with one attached hydrogen (secondary N) is 1. The number of hydrogen-bond acceptors (Lipinski definition) is 4. The first-order valence-electron chi connectivity index (χ1n) is 11.4. The van der Waals surface area contributed by atoms with Crippen molar-refractivity contribution in [1.29, 1.82) is 0 Å². The van der Waals surface area contributed by atoms with Crippen molar-refractivity contribution in [2.45, 2.75) is 24.8 Å². The molecule has 5 rings (SSSR count). The molecule has 1 fully saturated rings. The highest BCUT2D eigenvalue weighted by molar-refractivity contribution is 5.95. The fraction of sp³-hybridized carbons (Fsp3) is 0.259. The van der Waals surface area contributed by atoms with Gasteiger partial charge in [0.25, 0.3) is 0 Å². The number of rotatable bonds is 6. The lowest BCUT2D eigenvalue weighted by Gasteiger charge is -2.35. The highest BCUT2D eigenvalue weighted by Gasteiger charge is 2.32. The number of carbonyl (C=O) groups is 1. The van der Waals surface area contributed by atoms with E-state index in [-0.39, 0.29) is 11.7 Å². The Hall–Kier alpha value is -3.71. The molecule has 0 saturated carbocycles. The second kappa shape index (κ2) is 9.27. The van der Waals surface area contributed by atoms with Crippen LogP contribution < -0.4 is 4.74 Å². The van der Waals surface area contributed by atoms with Crippen molar-refractivity contribution in [1.82, 2.24) is 14.9 Å². The maximum absolute atomic E-state index is 14.0. The third-order valence-electron chi connectivity index (χ3n) is 6.69. The number of carboxylic acids is 1. The minimum atomic E-state index is -0.826. The third-order valence-corrected chi connectivity index (χ3v) is 6.69. The summed E-state index contributed by atoms with van der Waals surface area (Å²) in [6.45, 7) is 1.37. The maximum atomic E-state index is 14.0. The Kier molecular flexibility index (Phi) is 6.02. The number of aromatic amines is 1. The van der Waals surface area contributed by atoms with Crippen molar-refractivity contribution < 1.29 is 19.0 Å². The molecule has 0 bridgehead atoms. The summed E-state index contributed by atoms with van der Waals surface area (Å²) < 4.78 is 19.5. The van der Waals surface area contributed by atoms with E-state index in [4.69, 9.17) is 4.74 Å². The highest BCUT2D eigenvalue weighted by Crippen LogP contribution is 2.38. The number of piperidine rings is 1. The van der Waals surface area contributed by atoms with Gasteiger partial charge in [-0.3, -0.25) is 9.69 Å². The number of fused-ring (bicyclic) bond motifs is 1. The van der Waals surface area contributed by atoms with E-state index in [0.717, 1.165) is 40.7 Å². The molecule has 6 nitrogen and oxygen atoms in total. The van der Waals surface area contributed by atoms with Crippen LogP contribution in [-0.4, -0.2) is 46.1 Å². The first kappa shape index (κ1) is 22.1. The van der Waals surface area contributed by atoms with Gasteiger partial charge in [0.05, 0.1) is 7.11 Å². The molecule has 0 aliphatic carbocycles. The fourth-order valence-corrected chi connectivity index (χ4v) is 5.01. The lowest BCUT2D eigenvalue weighted by Crippen LogP contribution is -2.39. The van der Waals surface area contributed by atoms with Gasteiger partial charge in [0, 0.05) is 28.8 Å². The molecule has 2 aromatic carbocycles. The number of pyridine rings is 1. The van der Waals surface area contributed by atoms with Gasteiger partial charge in [-0.15, -0.1) is 0 Å². The summed E-state index contributed by atoms with van der Waals surface area (Å²) in [5.74, 6) is -0.285. The van der Waals surface area contributed by atoms with Crippen LogP contribution in [0.25, 0.3) is 22.2 Å². The van der Waals surface area contributed by atoms with E-state index < -0.39 is 12.0 Å². The van der Waals surface area contributed by atoms with E-state index in [0.29, 0.717) is 24.4 Å². The number of hydrogen-bond donors (Lipinski definition) is 2. The predicted molar refractivity (Wildman–Crippen MR) is 128 cm³/mol. The van der Waals surface area contributed by atoms with Gasteiger partial charge >= 0.3 is 5.97 Å². The highest BCUT2D eigenvalue weighted by atomic mass is 19.1. The Morgan fingerprint density at radius 1 is 1.12 bits per heavy atom. The standard InChI is InChI=1S/C27H26FN3O3/c1-34-24-8-7-19(28)15-21(24)20-9-12-29-26-22(20)16-23(30-26)17-10-13-31(14-11-17)25(27(32)33)18-5-3-2-4-6-18/h2-9,12,15-17,25H,10-11,13-14H2,1H3,(H,29,30)(H,32,33). The zero-order chi connectivity index (χ0) is 23.7. The Morgan fingerprint density at radius 2 is 1.88 bits per heavy atom. The monoisotopic (exact) mass is 459 g/mol. The number of likely N-dealkylation sites (tertiary alicyclic amines) is 1. The molecule has 1 unspecified atom stereocenters. The van der Waals surface area contributed by atoms with Gasteiger partial charge in [-0.2, -0.15) is 0 Å². The first-order valence-corrected chi connectivity index (χ1v) is 11.4. The first-order chi connectivity index (χ1) is 16.5. The molecule has 2 aromatic heterocycles. The van der Waals surface area contributed by atoms with Gasteiger partial charge in [0.2, 0.25) is 0 Å². The zero-order valence-corrected chi connectivity index (χ0v) is 18.9.